The molecule has 0 radical (unpaired) electrons. The van der Waals surface area contributed by atoms with Gasteiger partial charge in [-0.25, -0.2) is 0 Å². The van der Waals surface area contributed by atoms with E-state index >= 15 is 0 Å². The predicted octanol–water partition coefficient (Wildman–Crippen LogP) is 5.35. The van der Waals surface area contributed by atoms with Crippen LogP contribution in [0.3, 0.4) is 0 Å². The van der Waals surface area contributed by atoms with Crippen LogP contribution >= 0.6 is 0 Å². The van der Waals surface area contributed by atoms with Crippen molar-refractivity contribution >= 4 is 0 Å². The molecule has 0 bridgehead atoms. The molecule has 0 spiro atoms. The Bertz CT molecular complexity index is 518. The average molecular weight is 238 g/mol. The van der Waals surface area contributed by atoms with Crippen LogP contribution in [0.5, 0.6) is 0 Å². The zero-order chi connectivity index (χ0) is 13.2. The first kappa shape index (κ1) is 12.9. The lowest BCUT2D eigenvalue weighted by atomic mass is 9.81. The molecular formula is C18H22. The third-order valence-corrected chi connectivity index (χ3v) is 3.91. The third-order valence-electron chi connectivity index (χ3n) is 3.91. The second-order valence-corrected chi connectivity index (χ2v) is 5.68. The second-order valence-electron chi connectivity index (χ2n) is 5.68. The van der Waals surface area contributed by atoms with Gasteiger partial charge in [0.05, 0.1) is 0 Å². The molecule has 0 aliphatic rings. The first-order valence-corrected chi connectivity index (χ1v) is 6.70. The maximum Gasteiger partial charge on any atom is -0.0106 e. The van der Waals surface area contributed by atoms with Crippen LogP contribution in [0.4, 0.5) is 0 Å². The fourth-order valence-corrected chi connectivity index (χ4v) is 2.07. The Balaban J connectivity index is 2.41. The summed E-state index contributed by atoms with van der Waals surface area (Å²) in [5, 5.41) is 0. The molecule has 0 nitrogen and oxygen atoms in total. The first-order chi connectivity index (χ1) is 8.53. The van der Waals surface area contributed by atoms with E-state index in [0.717, 1.165) is 6.42 Å². The molecule has 0 saturated heterocycles. The molecule has 0 aromatic heterocycles. The topological polar surface area (TPSA) is 0 Å². The highest BCUT2D eigenvalue weighted by Crippen LogP contribution is 2.30. The fourth-order valence-electron chi connectivity index (χ4n) is 2.07. The lowest BCUT2D eigenvalue weighted by Crippen LogP contribution is -2.15. The minimum atomic E-state index is 0.251. The van der Waals surface area contributed by atoms with Crippen molar-refractivity contribution in [1.29, 1.82) is 0 Å². The molecule has 0 N–H and O–H groups in total. The van der Waals surface area contributed by atoms with Gasteiger partial charge in [0, 0.05) is 0 Å². The Labute approximate surface area is 111 Å². The SMILES string of the molecule is CCC(C)(C)c1cccc(-c2ccc(C)cc2)c1. The fraction of sp³-hybridized carbons (Fsp3) is 0.333. The van der Waals surface area contributed by atoms with Crippen molar-refractivity contribution in [3.8, 4) is 11.1 Å². The lowest BCUT2D eigenvalue weighted by Gasteiger charge is -2.24. The second kappa shape index (κ2) is 4.97. The number of aryl methyl sites for hydroxylation is 1. The van der Waals surface area contributed by atoms with Crippen LogP contribution in [0.25, 0.3) is 11.1 Å². The van der Waals surface area contributed by atoms with Crippen molar-refractivity contribution in [3.05, 3.63) is 59.7 Å². The standard InChI is InChI=1S/C18H22/c1-5-18(3,4)17-8-6-7-16(13-17)15-11-9-14(2)10-12-15/h6-13H,5H2,1-4H3. The average Bonchev–Trinajstić information content (AvgIpc) is 2.40. The molecule has 0 amide bonds. The molecule has 18 heavy (non-hydrogen) atoms. The number of hydrogen-bond acceptors (Lipinski definition) is 0. The highest BCUT2D eigenvalue weighted by Gasteiger charge is 2.18. The summed E-state index contributed by atoms with van der Waals surface area (Å²) < 4.78 is 0. The largest absolute Gasteiger partial charge is 0.0646 e. The van der Waals surface area contributed by atoms with Crippen molar-refractivity contribution in [1.82, 2.24) is 0 Å². The molecule has 0 unspecified atom stereocenters. The van der Waals surface area contributed by atoms with E-state index in [1.165, 1.54) is 22.3 Å². The van der Waals surface area contributed by atoms with Gasteiger partial charge in [0.15, 0.2) is 0 Å². The van der Waals surface area contributed by atoms with E-state index < -0.39 is 0 Å². The van der Waals surface area contributed by atoms with Gasteiger partial charge in [0.25, 0.3) is 0 Å². The van der Waals surface area contributed by atoms with Crippen LogP contribution in [0.1, 0.15) is 38.3 Å². The molecule has 2 aromatic rings. The highest BCUT2D eigenvalue weighted by molar-refractivity contribution is 5.64. The zero-order valence-electron chi connectivity index (χ0n) is 11.8. The zero-order valence-corrected chi connectivity index (χ0v) is 11.8. The monoisotopic (exact) mass is 238 g/mol. The normalized spacial score (nSPS) is 11.6. The number of hydrogen-bond donors (Lipinski definition) is 0. The third kappa shape index (κ3) is 2.64. The summed E-state index contributed by atoms with van der Waals surface area (Å²) in [5.74, 6) is 0. The van der Waals surface area contributed by atoms with Crippen molar-refractivity contribution in [2.75, 3.05) is 0 Å². The summed E-state index contributed by atoms with van der Waals surface area (Å²) in [6.07, 6.45) is 1.16. The quantitative estimate of drug-likeness (QED) is 0.676. The number of rotatable bonds is 3. The van der Waals surface area contributed by atoms with Gasteiger partial charge in [-0.3, -0.25) is 0 Å². The Hall–Kier alpha value is -1.56. The molecular weight excluding hydrogens is 216 g/mol. The van der Waals surface area contributed by atoms with E-state index in [2.05, 4.69) is 76.2 Å². The minimum Gasteiger partial charge on any atom is -0.0646 e. The molecule has 2 aromatic carbocycles. The molecule has 2 rings (SSSR count). The van der Waals surface area contributed by atoms with E-state index in [9.17, 15) is 0 Å². The molecule has 0 atom stereocenters. The molecule has 0 aliphatic carbocycles. The van der Waals surface area contributed by atoms with Crippen LogP contribution in [-0.4, -0.2) is 0 Å². The van der Waals surface area contributed by atoms with Crippen molar-refractivity contribution in [2.45, 2.75) is 39.5 Å². The van der Waals surface area contributed by atoms with Crippen LogP contribution in [0.2, 0.25) is 0 Å². The maximum absolute atomic E-state index is 2.33. The lowest BCUT2D eigenvalue weighted by molar-refractivity contribution is 0.506. The molecule has 0 heterocycles. The predicted molar refractivity (Wildman–Crippen MR) is 79.9 cm³/mol. The summed E-state index contributed by atoms with van der Waals surface area (Å²) in [6.45, 7) is 8.99. The molecule has 0 fully saturated rings. The van der Waals surface area contributed by atoms with E-state index in [0.29, 0.717) is 0 Å². The van der Waals surface area contributed by atoms with Gasteiger partial charge in [0.1, 0.15) is 0 Å². The van der Waals surface area contributed by atoms with Crippen LogP contribution < -0.4 is 0 Å². The van der Waals surface area contributed by atoms with Crippen LogP contribution in [-0.2, 0) is 5.41 Å². The number of benzene rings is 2. The summed E-state index contributed by atoms with van der Waals surface area (Å²) >= 11 is 0. The van der Waals surface area contributed by atoms with Gasteiger partial charge in [-0.1, -0.05) is 74.9 Å². The van der Waals surface area contributed by atoms with E-state index in [1.807, 2.05) is 0 Å². The van der Waals surface area contributed by atoms with Crippen molar-refractivity contribution < 1.29 is 0 Å². The summed E-state index contributed by atoms with van der Waals surface area (Å²) in [4.78, 5) is 0. The summed E-state index contributed by atoms with van der Waals surface area (Å²) in [7, 11) is 0. The van der Waals surface area contributed by atoms with Gasteiger partial charge in [0.2, 0.25) is 0 Å². The molecule has 0 heteroatoms. The van der Waals surface area contributed by atoms with Gasteiger partial charge >= 0.3 is 0 Å². The Kier molecular flexibility index (Phi) is 3.56. The van der Waals surface area contributed by atoms with Gasteiger partial charge in [-0.15, -0.1) is 0 Å². The minimum absolute atomic E-state index is 0.251. The van der Waals surface area contributed by atoms with Crippen LogP contribution in [0, 0.1) is 6.92 Å². The summed E-state index contributed by atoms with van der Waals surface area (Å²) in [5.41, 5.74) is 5.59. The Morgan fingerprint density at radius 3 is 2.17 bits per heavy atom. The molecule has 0 aliphatic heterocycles. The van der Waals surface area contributed by atoms with E-state index in [1.54, 1.807) is 0 Å². The Morgan fingerprint density at radius 2 is 1.56 bits per heavy atom. The van der Waals surface area contributed by atoms with Crippen LogP contribution in [0.15, 0.2) is 48.5 Å². The maximum atomic E-state index is 2.33. The molecule has 0 saturated carbocycles. The Morgan fingerprint density at radius 1 is 0.889 bits per heavy atom. The van der Waals surface area contributed by atoms with E-state index in [-0.39, 0.29) is 5.41 Å². The smallest absolute Gasteiger partial charge is 0.0106 e. The first-order valence-electron chi connectivity index (χ1n) is 6.70. The highest BCUT2D eigenvalue weighted by atomic mass is 14.2. The summed E-state index contributed by atoms with van der Waals surface area (Å²) in [6, 6.07) is 17.7. The van der Waals surface area contributed by atoms with Crippen molar-refractivity contribution in [3.63, 3.8) is 0 Å². The van der Waals surface area contributed by atoms with E-state index in [4.69, 9.17) is 0 Å². The van der Waals surface area contributed by atoms with Crippen molar-refractivity contribution in [2.24, 2.45) is 0 Å². The molecule has 94 valence electrons. The van der Waals surface area contributed by atoms with Gasteiger partial charge < -0.3 is 0 Å². The van der Waals surface area contributed by atoms with Gasteiger partial charge in [-0.05, 0) is 35.4 Å². The van der Waals surface area contributed by atoms with Gasteiger partial charge in [-0.2, -0.15) is 0 Å².